The van der Waals surface area contributed by atoms with E-state index in [2.05, 4.69) is 10.3 Å². The summed E-state index contributed by atoms with van der Waals surface area (Å²) in [6.07, 6.45) is 10.7. The Balaban J connectivity index is 1.98. The largest absolute Gasteiger partial charge is 0.349 e. The molecule has 0 aromatic carbocycles. The van der Waals surface area contributed by atoms with Crippen molar-refractivity contribution in [1.29, 1.82) is 0 Å². The van der Waals surface area contributed by atoms with Crippen molar-refractivity contribution in [1.82, 2.24) is 10.3 Å². The molecule has 1 aliphatic carbocycles. The topological polar surface area (TPSA) is 42.0 Å². The van der Waals surface area contributed by atoms with E-state index in [1.165, 1.54) is 25.7 Å². The van der Waals surface area contributed by atoms with Crippen LogP contribution in [0, 0.1) is 6.92 Å². The van der Waals surface area contributed by atoms with Gasteiger partial charge in [-0.2, -0.15) is 0 Å². The minimum absolute atomic E-state index is 0.0526. The van der Waals surface area contributed by atoms with E-state index in [4.69, 9.17) is 0 Å². The van der Waals surface area contributed by atoms with Gasteiger partial charge in [0.2, 0.25) is 0 Å². The van der Waals surface area contributed by atoms with Crippen molar-refractivity contribution in [3.05, 3.63) is 29.6 Å². The Kier molecular flexibility index (Phi) is 4.13. The predicted octanol–water partition coefficient (Wildman–Crippen LogP) is 2.84. The van der Waals surface area contributed by atoms with E-state index in [1.54, 1.807) is 18.5 Å². The Morgan fingerprint density at radius 2 is 2.00 bits per heavy atom. The Hall–Kier alpha value is -1.38. The molecule has 1 aliphatic rings. The molecule has 0 radical (unpaired) electrons. The van der Waals surface area contributed by atoms with Crippen molar-refractivity contribution in [3.8, 4) is 0 Å². The van der Waals surface area contributed by atoms with Gasteiger partial charge in [-0.25, -0.2) is 0 Å². The zero-order valence-corrected chi connectivity index (χ0v) is 10.4. The fourth-order valence-corrected chi connectivity index (χ4v) is 2.42. The Labute approximate surface area is 103 Å². The summed E-state index contributed by atoms with van der Waals surface area (Å²) in [6, 6.07) is 2.15. The molecule has 1 fully saturated rings. The lowest BCUT2D eigenvalue weighted by molar-refractivity contribution is 0.0932. The van der Waals surface area contributed by atoms with Crippen molar-refractivity contribution >= 4 is 5.91 Å². The van der Waals surface area contributed by atoms with E-state index in [9.17, 15) is 4.79 Å². The molecule has 1 saturated carbocycles. The summed E-state index contributed by atoms with van der Waals surface area (Å²) in [5.74, 6) is 0.0526. The average Bonchev–Trinajstić information content (AvgIpc) is 2.58. The van der Waals surface area contributed by atoms with Gasteiger partial charge in [-0.1, -0.05) is 25.7 Å². The van der Waals surface area contributed by atoms with Crippen LogP contribution in [0.4, 0.5) is 0 Å². The highest BCUT2D eigenvalue weighted by Crippen LogP contribution is 2.17. The van der Waals surface area contributed by atoms with Crippen LogP contribution in [0.1, 0.15) is 54.4 Å². The molecule has 0 spiro atoms. The number of nitrogens with one attached hydrogen (secondary N) is 1. The van der Waals surface area contributed by atoms with E-state index in [0.717, 1.165) is 24.0 Å². The van der Waals surface area contributed by atoms with E-state index in [-0.39, 0.29) is 5.91 Å². The molecule has 3 nitrogen and oxygen atoms in total. The second-order valence-corrected chi connectivity index (χ2v) is 4.85. The zero-order valence-electron chi connectivity index (χ0n) is 10.4. The Morgan fingerprint density at radius 3 is 2.65 bits per heavy atom. The maximum Gasteiger partial charge on any atom is 0.251 e. The normalized spacial score (nSPS) is 17.5. The third kappa shape index (κ3) is 3.29. The standard InChI is InChI=1S/C14H20N2O/c1-11-10-15-9-8-13(11)14(17)16-12-6-4-2-3-5-7-12/h8-10,12H,2-7H2,1H3,(H,16,17). The van der Waals surface area contributed by atoms with Crippen LogP contribution in [0.25, 0.3) is 0 Å². The lowest BCUT2D eigenvalue weighted by Crippen LogP contribution is -2.34. The number of pyridine rings is 1. The first kappa shape index (κ1) is 12.1. The van der Waals surface area contributed by atoms with Crippen molar-refractivity contribution in [2.24, 2.45) is 0 Å². The van der Waals surface area contributed by atoms with Gasteiger partial charge in [0.05, 0.1) is 0 Å². The summed E-state index contributed by atoms with van der Waals surface area (Å²) in [7, 11) is 0. The Morgan fingerprint density at radius 1 is 1.29 bits per heavy atom. The third-order valence-electron chi connectivity index (χ3n) is 3.46. The second kappa shape index (κ2) is 5.80. The van der Waals surface area contributed by atoms with Crippen LogP contribution in [0.3, 0.4) is 0 Å². The second-order valence-electron chi connectivity index (χ2n) is 4.85. The van der Waals surface area contributed by atoms with E-state index in [0.29, 0.717) is 6.04 Å². The molecule has 1 aromatic rings. The van der Waals surface area contributed by atoms with E-state index < -0.39 is 0 Å². The quantitative estimate of drug-likeness (QED) is 0.797. The van der Waals surface area contributed by atoms with Gasteiger partial charge in [-0.15, -0.1) is 0 Å². The highest BCUT2D eigenvalue weighted by atomic mass is 16.1. The minimum Gasteiger partial charge on any atom is -0.349 e. The van der Waals surface area contributed by atoms with Crippen molar-refractivity contribution in [2.75, 3.05) is 0 Å². The van der Waals surface area contributed by atoms with Crippen LogP contribution in [-0.2, 0) is 0 Å². The molecule has 92 valence electrons. The number of amides is 1. The van der Waals surface area contributed by atoms with Crippen LogP contribution in [0.15, 0.2) is 18.5 Å². The summed E-state index contributed by atoms with van der Waals surface area (Å²) in [4.78, 5) is 16.1. The van der Waals surface area contributed by atoms with E-state index >= 15 is 0 Å². The first-order valence-electron chi connectivity index (χ1n) is 6.49. The summed E-state index contributed by atoms with van der Waals surface area (Å²) in [6.45, 7) is 1.93. The minimum atomic E-state index is 0.0526. The van der Waals surface area contributed by atoms with Crippen LogP contribution < -0.4 is 5.32 Å². The number of hydrogen-bond donors (Lipinski definition) is 1. The zero-order chi connectivity index (χ0) is 12.1. The van der Waals surface area contributed by atoms with Gasteiger partial charge in [0.15, 0.2) is 0 Å². The number of aromatic nitrogens is 1. The number of carbonyl (C=O) groups excluding carboxylic acids is 1. The van der Waals surface area contributed by atoms with E-state index in [1.807, 2.05) is 6.92 Å². The lowest BCUT2D eigenvalue weighted by Gasteiger charge is -2.16. The van der Waals surface area contributed by atoms with Gasteiger partial charge in [-0.3, -0.25) is 9.78 Å². The predicted molar refractivity (Wildman–Crippen MR) is 67.9 cm³/mol. The first-order valence-corrected chi connectivity index (χ1v) is 6.49. The number of nitrogens with zero attached hydrogens (tertiary/aromatic N) is 1. The molecule has 0 bridgehead atoms. The molecular formula is C14H20N2O. The molecule has 1 N–H and O–H groups in total. The SMILES string of the molecule is Cc1cnccc1C(=O)NC1CCCCCC1. The van der Waals surface area contributed by atoms with Crippen LogP contribution in [0.5, 0.6) is 0 Å². The highest BCUT2D eigenvalue weighted by molar-refractivity contribution is 5.95. The number of rotatable bonds is 2. The maximum atomic E-state index is 12.1. The fourth-order valence-electron chi connectivity index (χ4n) is 2.42. The Bertz CT molecular complexity index is 382. The van der Waals surface area contributed by atoms with Gasteiger partial charge >= 0.3 is 0 Å². The highest BCUT2D eigenvalue weighted by Gasteiger charge is 2.16. The first-order chi connectivity index (χ1) is 8.27. The van der Waals surface area contributed by atoms with Crippen molar-refractivity contribution in [3.63, 3.8) is 0 Å². The van der Waals surface area contributed by atoms with Gasteiger partial charge in [0.1, 0.15) is 0 Å². The van der Waals surface area contributed by atoms with Gasteiger partial charge in [0.25, 0.3) is 5.91 Å². The average molecular weight is 232 g/mol. The maximum absolute atomic E-state index is 12.1. The molecule has 1 heterocycles. The van der Waals surface area contributed by atoms with Crippen LogP contribution in [-0.4, -0.2) is 16.9 Å². The monoisotopic (exact) mass is 232 g/mol. The van der Waals surface area contributed by atoms with Crippen molar-refractivity contribution in [2.45, 2.75) is 51.5 Å². The third-order valence-corrected chi connectivity index (χ3v) is 3.46. The van der Waals surface area contributed by atoms with Gasteiger partial charge in [0, 0.05) is 24.0 Å². The number of carbonyl (C=O) groups is 1. The molecule has 1 aromatic heterocycles. The molecule has 0 saturated heterocycles. The lowest BCUT2D eigenvalue weighted by atomic mass is 10.1. The molecule has 0 unspecified atom stereocenters. The number of hydrogen-bond acceptors (Lipinski definition) is 2. The number of aryl methyl sites for hydroxylation is 1. The summed E-state index contributed by atoms with van der Waals surface area (Å²) < 4.78 is 0. The van der Waals surface area contributed by atoms with Gasteiger partial charge in [-0.05, 0) is 31.4 Å². The molecule has 1 amide bonds. The molecule has 0 aliphatic heterocycles. The summed E-state index contributed by atoms with van der Waals surface area (Å²) >= 11 is 0. The fraction of sp³-hybridized carbons (Fsp3) is 0.571. The molecular weight excluding hydrogens is 212 g/mol. The molecule has 3 heteroatoms. The van der Waals surface area contributed by atoms with Crippen LogP contribution >= 0.6 is 0 Å². The van der Waals surface area contributed by atoms with Crippen LogP contribution in [0.2, 0.25) is 0 Å². The smallest absolute Gasteiger partial charge is 0.251 e. The van der Waals surface area contributed by atoms with Gasteiger partial charge < -0.3 is 5.32 Å². The molecule has 0 atom stereocenters. The summed E-state index contributed by atoms with van der Waals surface area (Å²) in [5, 5.41) is 3.15. The molecule has 2 rings (SSSR count). The summed E-state index contributed by atoms with van der Waals surface area (Å²) in [5.41, 5.74) is 1.70. The molecule has 17 heavy (non-hydrogen) atoms. The van der Waals surface area contributed by atoms with Crippen molar-refractivity contribution < 1.29 is 4.79 Å².